The molecule has 0 aliphatic heterocycles. The largest absolute Gasteiger partial charge is 0.395 e. The number of benzene rings is 2. The summed E-state index contributed by atoms with van der Waals surface area (Å²) in [5, 5.41) is 37.0. The zero-order chi connectivity index (χ0) is 34.2. The number of hydrogen-bond acceptors (Lipinski definition) is 9. The minimum atomic E-state index is 0.0442. The van der Waals surface area contributed by atoms with Crippen LogP contribution in [0.2, 0.25) is 0 Å². The number of anilines is 2. The predicted molar refractivity (Wildman–Crippen MR) is 207 cm³/mol. The smallest absolute Gasteiger partial charge is 0.169 e. The highest BCUT2D eigenvalue weighted by Gasteiger charge is 2.06. The van der Waals surface area contributed by atoms with Crippen LogP contribution >= 0.6 is 21.6 Å². The summed E-state index contributed by atoms with van der Waals surface area (Å²) in [5.41, 5.74) is 6.22. The molecule has 2 aromatic carbocycles. The van der Waals surface area contributed by atoms with Crippen LogP contribution in [0.4, 0.5) is 11.4 Å². The fourth-order valence-corrected chi connectivity index (χ4v) is 6.54. The predicted octanol–water partition coefficient (Wildman–Crippen LogP) is 5.00. The third kappa shape index (κ3) is 14.6. The summed E-state index contributed by atoms with van der Waals surface area (Å²) in [6.07, 6.45) is 18.0. The van der Waals surface area contributed by atoms with Crippen molar-refractivity contribution in [3.63, 3.8) is 0 Å². The summed E-state index contributed by atoms with van der Waals surface area (Å²) in [6.45, 7) is 7.77. The van der Waals surface area contributed by atoms with Gasteiger partial charge >= 0.3 is 0 Å². The normalized spacial score (nSPS) is 12.0. The molecule has 8 nitrogen and oxygen atoms in total. The minimum absolute atomic E-state index is 0.0442. The summed E-state index contributed by atoms with van der Waals surface area (Å²) in [6, 6.07) is 20.4. The van der Waals surface area contributed by atoms with Gasteiger partial charge in [0.1, 0.15) is 0 Å². The molecule has 0 spiro atoms. The fourth-order valence-electron chi connectivity index (χ4n) is 4.68. The van der Waals surface area contributed by atoms with Crippen LogP contribution < -0.4 is 14.4 Å². The maximum Gasteiger partial charge on any atom is 0.169 e. The van der Waals surface area contributed by atoms with Gasteiger partial charge in [-0.05, 0) is 52.6 Å². The van der Waals surface area contributed by atoms with E-state index < -0.39 is 0 Å². The molecule has 0 saturated carbocycles. The first-order chi connectivity index (χ1) is 23.6. The minimum Gasteiger partial charge on any atom is -0.395 e. The van der Waals surface area contributed by atoms with Gasteiger partial charge in [-0.3, -0.25) is 4.99 Å². The number of rotatable bonds is 23. The molecule has 3 aromatic rings. The van der Waals surface area contributed by atoms with Crippen molar-refractivity contribution in [2.45, 2.75) is 6.54 Å². The Hall–Kier alpha value is -3.64. The van der Waals surface area contributed by atoms with Gasteiger partial charge in [-0.15, -0.1) is 0 Å². The summed E-state index contributed by atoms with van der Waals surface area (Å²) in [7, 11) is 3.69. The molecule has 0 radical (unpaired) electrons. The highest BCUT2D eigenvalue weighted by atomic mass is 33.1. The Balaban J connectivity index is 1.33. The highest BCUT2D eigenvalue weighted by Crippen LogP contribution is 2.20. The van der Waals surface area contributed by atoms with Crippen LogP contribution in [0, 0.1) is 0 Å². The standard InChI is InChI=1S/C38H49N4O4S2/c1-2-33(3-4-34-7-11-37(12-8-34)41(22-27-43)23-28-44)15-18-39-19-31-47-48-32-26-40-20-16-36(17-21-40)6-5-35-9-13-38(14-10-35)42(24-29-45)25-30-46/h2-18,20-21,43-46H,1,19,22-32H2/q+1/b4-3+,33-15+,39-18?. The lowest BCUT2D eigenvalue weighted by Gasteiger charge is -2.22. The third-order valence-electron chi connectivity index (χ3n) is 7.28. The maximum absolute atomic E-state index is 9.25. The van der Waals surface area contributed by atoms with Crippen LogP contribution in [-0.4, -0.2) is 97.3 Å². The van der Waals surface area contributed by atoms with E-state index in [9.17, 15) is 20.4 Å². The van der Waals surface area contributed by atoms with Crippen LogP contribution in [0.1, 0.15) is 16.7 Å². The summed E-state index contributed by atoms with van der Waals surface area (Å²) < 4.78 is 2.20. The first-order valence-electron chi connectivity index (χ1n) is 16.2. The van der Waals surface area contributed by atoms with Gasteiger partial charge in [-0.25, -0.2) is 4.57 Å². The van der Waals surface area contributed by atoms with Gasteiger partial charge in [-0.1, -0.05) is 82.8 Å². The van der Waals surface area contributed by atoms with Crippen molar-refractivity contribution in [1.82, 2.24) is 0 Å². The van der Waals surface area contributed by atoms with E-state index in [1.807, 2.05) is 104 Å². The Morgan fingerprint density at radius 1 is 0.667 bits per heavy atom. The van der Waals surface area contributed by atoms with Gasteiger partial charge in [0.15, 0.2) is 18.9 Å². The number of aliphatic hydroxyl groups excluding tert-OH is 4. The van der Waals surface area contributed by atoms with Crippen molar-refractivity contribution >= 4 is 57.4 Å². The van der Waals surface area contributed by atoms with Crippen LogP contribution in [0.5, 0.6) is 0 Å². The van der Waals surface area contributed by atoms with E-state index in [2.05, 4.69) is 52.8 Å². The van der Waals surface area contributed by atoms with E-state index in [4.69, 9.17) is 0 Å². The number of aliphatic imine (C=N–C) groups is 1. The molecule has 1 aromatic heterocycles. The van der Waals surface area contributed by atoms with E-state index in [1.54, 1.807) is 6.08 Å². The quantitative estimate of drug-likeness (QED) is 0.0363. The van der Waals surface area contributed by atoms with Crippen molar-refractivity contribution in [2.75, 3.05) is 80.5 Å². The van der Waals surface area contributed by atoms with E-state index in [-0.39, 0.29) is 26.4 Å². The number of nitrogens with zero attached hydrogens (tertiary/aromatic N) is 4. The van der Waals surface area contributed by atoms with E-state index >= 15 is 0 Å². The van der Waals surface area contributed by atoms with Crippen LogP contribution in [-0.2, 0) is 6.54 Å². The van der Waals surface area contributed by atoms with Crippen molar-refractivity contribution in [2.24, 2.45) is 4.99 Å². The van der Waals surface area contributed by atoms with Gasteiger partial charge in [0, 0.05) is 68.2 Å². The third-order valence-corrected chi connectivity index (χ3v) is 9.64. The molecule has 0 atom stereocenters. The lowest BCUT2D eigenvalue weighted by atomic mass is 10.1. The molecule has 0 bridgehead atoms. The second kappa shape index (κ2) is 23.6. The van der Waals surface area contributed by atoms with Crippen molar-refractivity contribution in [1.29, 1.82) is 0 Å². The summed E-state index contributed by atoms with van der Waals surface area (Å²) in [5.74, 6) is 1.96. The summed E-state index contributed by atoms with van der Waals surface area (Å²) >= 11 is 0. The highest BCUT2D eigenvalue weighted by molar-refractivity contribution is 8.76. The molecule has 3 rings (SSSR count). The second-order valence-electron chi connectivity index (χ2n) is 10.7. The second-order valence-corrected chi connectivity index (χ2v) is 13.4. The topological polar surface area (TPSA) is 104 Å². The van der Waals surface area contributed by atoms with E-state index in [0.29, 0.717) is 26.2 Å². The van der Waals surface area contributed by atoms with Gasteiger partial charge in [0.2, 0.25) is 0 Å². The number of aromatic nitrogens is 1. The van der Waals surface area contributed by atoms with Gasteiger partial charge in [-0.2, -0.15) is 0 Å². The SMILES string of the molecule is C=CC(/C=C/c1ccc(N(CCO)CCO)cc1)=C\C=NCCSSCC[n+]1ccc(/C=C/c2ccc(N(CCO)CCO)cc2)cc1. The fraction of sp³-hybridized carbons (Fsp3) is 0.316. The van der Waals surface area contributed by atoms with Crippen molar-refractivity contribution < 1.29 is 25.0 Å². The first-order valence-corrected chi connectivity index (χ1v) is 18.6. The average molecular weight is 690 g/mol. The van der Waals surface area contributed by atoms with E-state index in [1.165, 1.54) is 0 Å². The molecular weight excluding hydrogens is 641 g/mol. The maximum atomic E-state index is 9.25. The monoisotopic (exact) mass is 689 g/mol. The van der Waals surface area contributed by atoms with E-state index in [0.717, 1.165) is 58.2 Å². The molecule has 0 unspecified atom stereocenters. The Bertz CT molecular complexity index is 1430. The Morgan fingerprint density at radius 2 is 1.15 bits per heavy atom. The Labute approximate surface area is 293 Å². The lowest BCUT2D eigenvalue weighted by molar-refractivity contribution is -0.692. The van der Waals surface area contributed by atoms with Crippen LogP contribution in [0.25, 0.3) is 18.2 Å². The van der Waals surface area contributed by atoms with Crippen molar-refractivity contribution in [3.8, 4) is 0 Å². The average Bonchev–Trinajstić information content (AvgIpc) is 3.12. The number of aliphatic hydroxyl groups is 4. The van der Waals surface area contributed by atoms with Gasteiger partial charge < -0.3 is 30.2 Å². The molecule has 48 heavy (non-hydrogen) atoms. The molecule has 256 valence electrons. The molecular formula is C38H49N4O4S2+. The van der Waals surface area contributed by atoms with Crippen LogP contribution in [0.15, 0.2) is 108 Å². The molecule has 0 fully saturated rings. The molecule has 0 aliphatic carbocycles. The molecule has 0 aliphatic rings. The number of aryl methyl sites for hydroxylation is 1. The van der Waals surface area contributed by atoms with Gasteiger partial charge in [0.05, 0.1) is 32.2 Å². The number of hydrogen-bond donors (Lipinski definition) is 4. The zero-order valence-corrected chi connectivity index (χ0v) is 29.2. The van der Waals surface area contributed by atoms with Crippen molar-refractivity contribution in [3.05, 3.63) is 120 Å². The Kier molecular flexibility index (Phi) is 19.1. The number of pyridine rings is 1. The van der Waals surface area contributed by atoms with Gasteiger partial charge in [0.25, 0.3) is 0 Å². The molecule has 1 heterocycles. The Morgan fingerprint density at radius 3 is 1.65 bits per heavy atom. The lowest BCUT2D eigenvalue weighted by Crippen LogP contribution is -2.33. The molecule has 0 saturated heterocycles. The van der Waals surface area contributed by atoms with Crippen LogP contribution in [0.3, 0.4) is 0 Å². The summed E-state index contributed by atoms with van der Waals surface area (Å²) in [4.78, 5) is 8.43. The molecule has 4 N–H and O–H groups in total. The zero-order valence-electron chi connectivity index (χ0n) is 27.6. The molecule has 0 amide bonds. The molecule has 10 heteroatoms. The number of allylic oxidation sites excluding steroid dienone is 4. The first kappa shape index (κ1) is 38.8.